The van der Waals surface area contributed by atoms with Crippen LogP contribution in [0.4, 0.5) is 0 Å². The molecule has 4 nitrogen and oxygen atoms in total. The number of carbonyl (C=O) groups is 2. The Balaban J connectivity index is 1.99. The molecule has 1 aromatic carbocycles. The van der Waals surface area contributed by atoms with Crippen molar-refractivity contribution in [1.82, 2.24) is 9.80 Å². The normalized spacial score (nSPS) is 17.4. The Bertz CT molecular complexity index is 728. The first kappa shape index (κ1) is 14.3. The van der Waals surface area contributed by atoms with Crippen LogP contribution in [0.25, 0.3) is 5.70 Å². The summed E-state index contributed by atoms with van der Waals surface area (Å²) in [6.45, 7) is 4.43. The van der Waals surface area contributed by atoms with Gasteiger partial charge in [-0.3, -0.25) is 14.5 Å². The zero-order chi connectivity index (χ0) is 15.7. The van der Waals surface area contributed by atoms with Gasteiger partial charge in [0.2, 0.25) is 5.91 Å². The molecule has 0 aromatic heterocycles. The number of benzene rings is 1. The molecule has 22 heavy (non-hydrogen) atoms. The van der Waals surface area contributed by atoms with Crippen molar-refractivity contribution in [1.29, 1.82) is 0 Å². The molecule has 2 heterocycles. The fourth-order valence-corrected chi connectivity index (χ4v) is 2.73. The summed E-state index contributed by atoms with van der Waals surface area (Å²) in [6, 6.07) is 7.59. The largest absolute Gasteiger partial charge is 0.319 e. The molecule has 0 fully saturated rings. The standard InChI is InChI=1S/C18H18N2O2/c1-3-17(21)19(4-2)12-13-9-10-20-16(11-13)14-7-5-6-8-15(14)18(20)22/h5-12H,3-4H2,1-2H3. The summed E-state index contributed by atoms with van der Waals surface area (Å²) >= 11 is 0. The van der Waals surface area contributed by atoms with Crippen molar-refractivity contribution in [2.75, 3.05) is 6.54 Å². The van der Waals surface area contributed by atoms with E-state index in [-0.39, 0.29) is 11.8 Å². The van der Waals surface area contributed by atoms with Crippen LogP contribution in [0.1, 0.15) is 36.2 Å². The molecular formula is C18H18N2O2. The van der Waals surface area contributed by atoms with Gasteiger partial charge in [0.25, 0.3) is 5.91 Å². The molecule has 0 saturated heterocycles. The lowest BCUT2D eigenvalue weighted by Crippen LogP contribution is -2.25. The third kappa shape index (κ3) is 2.26. The number of rotatable bonds is 3. The number of amides is 2. The molecule has 0 aliphatic carbocycles. The van der Waals surface area contributed by atoms with Gasteiger partial charge in [0.15, 0.2) is 0 Å². The number of allylic oxidation sites excluding steroid dienone is 3. The number of hydrogen-bond donors (Lipinski definition) is 0. The maximum absolute atomic E-state index is 12.3. The second kappa shape index (κ2) is 5.64. The Morgan fingerprint density at radius 3 is 2.64 bits per heavy atom. The van der Waals surface area contributed by atoms with Gasteiger partial charge in [-0.05, 0) is 30.7 Å². The molecule has 0 N–H and O–H groups in total. The van der Waals surface area contributed by atoms with E-state index in [4.69, 9.17) is 0 Å². The topological polar surface area (TPSA) is 40.6 Å². The van der Waals surface area contributed by atoms with Gasteiger partial charge in [-0.2, -0.15) is 0 Å². The van der Waals surface area contributed by atoms with Gasteiger partial charge >= 0.3 is 0 Å². The first-order valence-corrected chi connectivity index (χ1v) is 7.49. The number of carbonyl (C=O) groups excluding carboxylic acids is 2. The summed E-state index contributed by atoms with van der Waals surface area (Å²) in [5.74, 6) is 0.0845. The van der Waals surface area contributed by atoms with Crippen molar-refractivity contribution in [2.45, 2.75) is 20.3 Å². The van der Waals surface area contributed by atoms with Crippen molar-refractivity contribution in [3.8, 4) is 0 Å². The molecule has 0 unspecified atom stereocenters. The third-order valence-electron chi connectivity index (χ3n) is 3.90. The average molecular weight is 294 g/mol. The van der Waals surface area contributed by atoms with Crippen LogP contribution in [0, 0.1) is 0 Å². The molecular weight excluding hydrogens is 276 g/mol. The second-order valence-electron chi connectivity index (χ2n) is 5.23. The minimum absolute atomic E-state index is 0.00543. The molecule has 0 radical (unpaired) electrons. The fraction of sp³-hybridized carbons (Fsp3) is 0.222. The minimum Gasteiger partial charge on any atom is -0.319 e. The van der Waals surface area contributed by atoms with Crippen molar-refractivity contribution < 1.29 is 9.59 Å². The predicted molar refractivity (Wildman–Crippen MR) is 85.5 cm³/mol. The lowest BCUT2D eigenvalue weighted by Gasteiger charge is -2.20. The molecule has 2 aliphatic heterocycles. The molecule has 0 atom stereocenters. The SMILES string of the molecule is CCC(=O)N(C=C1C=CN2C(=O)c3ccccc3C2=C1)CC. The van der Waals surface area contributed by atoms with E-state index in [1.807, 2.05) is 56.5 Å². The van der Waals surface area contributed by atoms with Gasteiger partial charge < -0.3 is 4.90 Å². The lowest BCUT2D eigenvalue weighted by molar-refractivity contribution is -0.128. The summed E-state index contributed by atoms with van der Waals surface area (Å²) in [6.07, 6.45) is 7.91. The van der Waals surface area contributed by atoms with Crippen molar-refractivity contribution in [3.63, 3.8) is 0 Å². The van der Waals surface area contributed by atoms with E-state index in [0.717, 1.165) is 22.4 Å². The minimum atomic E-state index is -0.00543. The van der Waals surface area contributed by atoms with E-state index in [2.05, 4.69) is 0 Å². The highest BCUT2D eigenvalue weighted by atomic mass is 16.2. The van der Waals surface area contributed by atoms with E-state index in [1.54, 1.807) is 16.0 Å². The Morgan fingerprint density at radius 2 is 1.95 bits per heavy atom. The van der Waals surface area contributed by atoms with Crippen LogP contribution in [-0.4, -0.2) is 28.2 Å². The van der Waals surface area contributed by atoms with Gasteiger partial charge in [-0.25, -0.2) is 0 Å². The molecule has 0 saturated carbocycles. The Kier molecular flexibility index (Phi) is 3.67. The van der Waals surface area contributed by atoms with Gasteiger partial charge in [0, 0.05) is 36.5 Å². The number of nitrogens with zero attached hydrogens (tertiary/aromatic N) is 2. The highest BCUT2D eigenvalue weighted by Gasteiger charge is 2.31. The molecule has 4 heteroatoms. The Hall–Kier alpha value is -2.62. The van der Waals surface area contributed by atoms with Crippen LogP contribution < -0.4 is 0 Å². The van der Waals surface area contributed by atoms with Crippen LogP contribution in [0.15, 0.2) is 54.4 Å². The summed E-state index contributed by atoms with van der Waals surface area (Å²) in [5.41, 5.74) is 3.44. The maximum Gasteiger partial charge on any atom is 0.263 e. The number of fused-ring (bicyclic) bond motifs is 3. The Morgan fingerprint density at radius 1 is 1.23 bits per heavy atom. The van der Waals surface area contributed by atoms with Crippen LogP contribution in [0.5, 0.6) is 0 Å². The first-order valence-electron chi connectivity index (χ1n) is 7.49. The molecule has 1 aromatic rings. The van der Waals surface area contributed by atoms with Gasteiger partial charge in [0.1, 0.15) is 0 Å². The highest BCUT2D eigenvalue weighted by Crippen LogP contribution is 2.36. The summed E-state index contributed by atoms with van der Waals surface area (Å²) in [7, 11) is 0. The van der Waals surface area contributed by atoms with Crippen molar-refractivity contribution in [2.24, 2.45) is 0 Å². The first-order chi connectivity index (χ1) is 10.7. The second-order valence-corrected chi connectivity index (χ2v) is 5.23. The van der Waals surface area contributed by atoms with E-state index < -0.39 is 0 Å². The van der Waals surface area contributed by atoms with E-state index >= 15 is 0 Å². The van der Waals surface area contributed by atoms with E-state index in [1.165, 1.54) is 0 Å². The lowest BCUT2D eigenvalue weighted by atomic mass is 10.1. The summed E-state index contributed by atoms with van der Waals surface area (Å²) < 4.78 is 0. The van der Waals surface area contributed by atoms with Gasteiger partial charge in [-0.1, -0.05) is 25.1 Å². The third-order valence-corrected chi connectivity index (χ3v) is 3.90. The maximum atomic E-state index is 12.3. The molecule has 112 valence electrons. The van der Waals surface area contributed by atoms with Crippen molar-refractivity contribution in [3.05, 3.63) is 65.5 Å². The zero-order valence-corrected chi connectivity index (χ0v) is 12.7. The molecule has 2 amide bonds. The van der Waals surface area contributed by atoms with Crippen LogP contribution >= 0.6 is 0 Å². The average Bonchev–Trinajstić information content (AvgIpc) is 2.85. The van der Waals surface area contributed by atoms with Crippen LogP contribution in [0.2, 0.25) is 0 Å². The Labute approximate surface area is 130 Å². The van der Waals surface area contributed by atoms with Gasteiger partial charge in [-0.15, -0.1) is 0 Å². The van der Waals surface area contributed by atoms with Crippen LogP contribution in [-0.2, 0) is 4.79 Å². The predicted octanol–water partition coefficient (Wildman–Crippen LogP) is 3.15. The molecule has 0 spiro atoms. The number of hydrogen-bond acceptors (Lipinski definition) is 2. The van der Waals surface area contributed by atoms with Crippen LogP contribution in [0.3, 0.4) is 0 Å². The summed E-state index contributed by atoms with van der Waals surface area (Å²) in [4.78, 5) is 27.5. The smallest absolute Gasteiger partial charge is 0.263 e. The quantitative estimate of drug-likeness (QED) is 0.859. The fourth-order valence-electron chi connectivity index (χ4n) is 2.73. The highest BCUT2D eigenvalue weighted by molar-refractivity contribution is 6.10. The van der Waals surface area contributed by atoms with E-state index in [9.17, 15) is 9.59 Å². The monoisotopic (exact) mass is 294 g/mol. The molecule has 0 bridgehead atoms. The van der Waals surface area contributed by atoms with E-state index in [0.29, 0.717) is 13.0 Å². The summed E-state index contributed by atoms with van der Waals surface area (Å²) in [5, 5.41) is 0. The molecule has 3 rings (SSSR count). The van der Waals surface area contributed by atoms with Gasteiger partial charge in [0.05, 0.1) is 5.70 Å². The molecule has 2 aliphatic rings. The van der Waals surface area contributed by atoms with Crippen molar-refractivity contribution >= 4 is 17.5 Å². The zero-order valence-electron chi connectivity index (χ0n) is 12.7.